The molecule has 0 rings (SSSR count). The van der Waals surface area contributed by atoms with Gasteiger partial charge in [-0.05, 0) is 0 Å². The Labute approximate surface area is 57.4 Å². The maximum atomic E-state index is 5.04. The van der Waals surface area contributed by atoms with E-state index in [-0.39, 0.29) is 8.41 Å². The molecular weight excluding hydrogens is 271 g/mol. The van der Waals surface area contributed by atoms with Crippen molar-refractivity contribution < 1.29 is 0 Å². The molecule has 0 heterocycles. The molecule has 0 saturated heterocycles. The van der Waals surface area contributed by atoms with Crippen LogP contribution >= 0.6 is 35.7 Å². The van der Waals surface area contributed by atoms with Gasteiger partial charge in [-0.3, -0.25) is 0 Å². The minimum atomic E-state index is -3.29. The van der Waals surface area contributed by atoms with Crippen LogP contribution in [0.4, 0.5) is 0 Å². The Morgan fingerprint density at radius 3 is 0.833 bits per heavy atom. The van der Waals surface area contributed by atoms with Crippen molar-refractivity contribution in [1.82, 2.24) is 0 Å². The van der Waals surface area contributed by atoms with Crippen molar-refractivity contribution in [2.75, 3.05) is 0 Å². The Hall–Kier alpha value is 2.02. The van der Waals surface area contributed by atoms with Crippen LogP contribution in [0, 0.1) is 0 Å². The van der Waals surface area contributed by atoms with E-state index in [0.717, 1.165) is 0 Å². The second kappa shape index (κ2) is 3.96. The fourth-order valence-electron chi connectivity index (χ4n) is 0. The number of rotatable bonds is 0. The Morgan fingerprint density at radius 1 is 0.833 bits per heavy atom. The molecule has 0 aromatic rings. The van der Waals surface area contributed by atoms with Crippen molar-refractivity contribution >= 4 is 58.0 Å². The van der Waals surface area contributed by atoms with Gasteiger partial charge in [-0.25, -0.2) is 0 Å². The normalized spacial score (nSPS) is 10.0. The van der Waals surface area contributed by atoms with Crippen molar-refractivity contribution in [3.05, 3.63) is 0 Å². The predicted molar refractivity (Wildman–Crippen MR) is 34.9 cm³/mol. The molecule has 0 nitrogen and oxygen atoms in total. The first kappa shape index (κ1) is 10.9. The second-order valence-corrected chi connectivity index (χ2v) is 25.9. The summed E-state index contributed by atoms with van der Waals surface area (Å²) in [4.78, 5) is 0. The number of hydrogen-bond donors (Lipinski definition) is 0. The van der Waals surface area contributed by atoms with Crippen LogP contribution in [-0.2, 0) is 0 Å². The van der Waals surface area contributed by atoms with E-state index in [0.29, 0.717) is 0 Å². The van der Waals surface area contributed by atoms with Crippen LogP contribution in [0.15, 0.2) is 0 Å². The summed E-state index contributed by atoms with van der Waals surface area (Å²) >= 11 is -3.29. The molecule has 0 saturated carbocycles. The minimum absolute atomic E-state index is 0. The third-order valence-electron chi connectivity index (χ3n) is 0. The summed E-state index contributed by atoms with van der Waals surface area (Å²) in [5.74, 6) is 0. The molecule has 0 unspecified atom stereocenters. The van der Waals surface area contributed by atoms with Gasteiger partial charge in [0.1, 0.15) is 0 Å². The van der Waals surface area contributed by atoms with Crippen LogP contribution in [0.25, 0.3) is 0 Å². The average Bonchev–Trinajstić information content (AvgIpc) is 0.722. The van der Waals surface area contributed by atoms with Gasteiger partial charge < -0.3 is 0 Å². The van der Waals surface area contributed by atoms with Gasteiger partial charge in [0.25, 0.3) is 0 Å². The summed E-state index contributed by atoms with van der Waals surface area (Å²) in [5.41, 5.74) is 0. The average molecular weight is 271 g/mol. The summed E-state index contributed by atoms with van der Waals surface area (Å²) in [5, 5.41) is 0. The van der Waals surface area contributed by atoms with Crippen molar-refractivity contribution in [1.29, 1.82) is 0 Å². The predicted octanol–water partition coefficient (Wildman–Crippen LogP) is 2.00. The van der Waals surface area contributed by atoms with Gasteiger partial charge in [0, 0.05) is 8.41 Å². The molecule has 35 valence electrons. The third kappa shape index (κ3) is 37.1. The molecule has 0 atom stereocenters. The van der Waals surface area contributed by atoms with Gasteiger partial charge in [0.2, 0.25) is 0 Å². The molecule has 3 radical (unpaired) electrons. The maximum absolute atomic E-state index is 5.04. The molecule has 0 aliphatic rings. The monoisotopic (exact) mass is 271 g/mol. The molecule has 6 heavy (non-hydrogen) atoms. The quantitative estimate of drug-likeness (QED) is 0.591. The van der Waals surface area contributed by atoms with Gasteiger partial charge in [0.05, 0.1) is 0 Å². The Balaban J connectivity index is 0. The zero-order valence-electron chi connectivity index (χ0n) is 2.59. The molecule has 0 aromatic heterocycles. The molecule has 6 heteroatoms. The van der Waals surface area contributed by atoms with E-state index in [1.807, 2.05) is 0 Å². The Kier molecular flexibility index (Phi) is 7.20. The fraction of sp³-hybridized carbons (Fsp3) is 0. The van der Waals surface area contributed by atoms with E-state index in [9.17, 15) is 0 Å². The van der Waals surface area contributed by atoms with Crippen LogP contribution in [0.2, 0.25) is 0 Å². The molecule has 0 aliphatic carbocycles. The molecule has 0 aromatic carbocycles. The Bertz CT molecular complexity index is 23.0. The topological polar surface area (TPSA) is 0 Å². The van der Waals surface area contributed by atoms with Gasteiger partial charge >= 0.3 is 49.6 Å². The van der Waals surface area contributed by atoms with E-state index in [2.05, 4.69) is 0 Å². The molecule has 0 amide bonds. The van der Waals surface area contributed by atoms with E-state index >= 15 is 0 Å². The molecule has 0 aliphatic heterocycles. The van der Waals surface area contributed by atoms with Crippen LogP contribution in [0.1, 0.15) is 0 Å². The number of halogens is 4. The van der Waals surface area contributed by atoms with Crippen molar-refractivity contribution in [3.8, 4) is 0 Å². The van der Waals surface area contributed by atoms with Crippen LogP contribution in [-0.4, -0.2) is 22.3 Å². The first-order valence-corrected chi connectivity index (χ1v) is 15.2. The van der Waals surface area contributed by atoms with Crippen LogP contribution in [0.5, 0.6) is 0 Å². The molecular formula is BCl4Sn. The number of hydrogen-bond acceptors (Lipinski definition) is 0. The van der Waals surface area contributed by atoms with Crippen molar-refractivity contribution in [3.63, 3.8) is 0 Å². The van der Waals surface area contributed by atoms with E-state index < -0.39 is 13.9 Å². The summed E-state index contributed by atoms with van der Waals surface area (Å²) in [7, 11) is 20.1. The zero-order chi connectivity index (χ0) is 4.50. The van der Waals surface area contributed by atoms with Crippen molar-refractivity contribution in [2.24, 2.45) is 0 Å². The first-order chi connectivity index (χ1) is 2.00. The molecule has 0 fully saturated rings. The molecule has 0 N–H and O–H groups in total. The zero-order valence-corrected chi connectivity index (χ0v) is 8.47. The second-order valence-electron chi connectivity index (χ2n) is 0.429. The summed E-state index contributed by atoms with van der Waals surface area (Å²) in [6.45, 7) is 0. The molecule has 0 spiro atoms. The van der Waals surface area contributed by atoms with Gasteiger partial charge in [-0.15, -0.1) is 0 Å². The molecule has 0 bridgehead atoms. The summed E-state index contributed by atoms with van der Waals surface area (Å²) in [6.07, 6.45) is 0. The van der Waals surface area contributed by atoms with Crippen LogP contribution in [0.3, 0.4) is 0 Å². The van der Waals surface area contributed by atoms with Crippen LogP contribution < -0.4 is 0 Å². The fourth-order valence-corrected chi connectivity index (χ4v) is 0. The van der Waals surface area contributed by atoms with Gasteiger partial charge in [-0.1, -0.05) is 0 Å². The standard InChI is InChI=1S/B.4ClH.Sn/h;4*1H;/q;;;;;+4/p-4. The Morgan fingerprint density at radius 2 is 0.833 bits per heavy atom. The summed E-state index contributed by atoms with van der Waals surface area (Å²) < 4.78 is 0. The first-order valence-electron chi connectivity index (χ1n) is 0.756. The van der Waals surface area contributed by atoms with Crippen molar-refractivity contribution in [2.45, 2.75) is 0 Å². The van der Waals surface area contributed by atoms with E-state index in [4.69, 9.17) is 35.7 Å². The van der Waals surface area contributed by atoms with Gasteiger partial charge in [-0.2, -0.15) is 0 Å². The SMILES string of the molecule is [B].[Cl][Sn]([Cl])([Cl])[Cl]. The third-order valence-corrected chi connectivity index (χ3v) is 0. The van der Waals surface area contributed by atoms with E-state index in [1.165, 1.54) is 0 Å². The van der Waals surface area contributed by atoms with E-state index in [1.54, 1.807) is 0 Å². The van der Waals surface area contributed by atoms with Gasteiger partial charge in [0.15, 0.2) is 0 Å². The summed E-state index contributed by atoms with van der Waals surface area (Å²) in [6, 6.07) is 0.